The van der Waals surface area contributed by atoms with Crippen LogP contribution in [-0.4, -0.2) is 29.7 Å². The molecule has 112 valence electrons. The molecule has 0 spiro atoms. The zero-order valence-corrected chi connectivity index (χ0v) is 13.2. The molecule has 0 aliphatic heterocycles. The zero-order valence-electron chi connectivity index (χ0n) is 13.2. The molecule has 0 saturated carbocycles. The van der Waals surface area contributed by atoms with Gasteiger partial charge in [-0.2, -0.15) is 5.10 Å². The molecule has 0 aromatic carbocycles. The van der Waals surface area contributed by atoms with Crippen molar-refractivity contribution >= 4 is 0 Å². The van der Waals surface area contributed by atoms with E-state index in [-0.39, 0.29) is 0 Å². The van der Waals surface area contributed by atoms with Crippen molar-refractivity contribution in [2.24, 2.45) is 0 Å². The fourth-order valence-electron chi connectivity index (χ4n) is 2.48. The van der Waals surface area contributed by atoms with Gasteiger partial charge in [0.15, 0.2) is 0 Å². The maximum absolute atomic E-state index is 4.68. The Morgan fingerprint density at radius 1 is 1.00 bits per heavy atom. The number of nitrogens with zero attached hydrogens (tertiary/aromatic N) is 6. The van der Waals surface area contributed by atoms with E-state index >= 15 is 0 Å². The molecule has 0 amide bonds. The summed E-state index contributed by atoms with van der Waals surface area (Å²) in [7, 11) is 0. The smallest absolute Gasteiger partial charge is 0.125 e. The van der Waals surface area contributed by atoms with Gasteiger partial charge in [0.1, 0.15) is 17.8 Å². The highest BCUT2D eigenvalue weighted by molar-refractivity contribution is 5.67. The Kier molecular flexibility index (Phi) is 3.66. The Labute approximate surface area is 129 Å². The van der Waals surface area contributed by atoms with Crippen LogP contribution in [0.2, 0.25) is 0 Å². The summed E-state index contributed by atoms with van der Waals surface area (Å²) in [6.45, 7) is 7.93. The number of aryl methyl sites for hydroxylation is 4. The first-order valence-corrected chi connectivity index (χ1v) is 7.26. The summed E-state index contributed by atoms with van der Waals surface area (Å²) in [6, 6.07) is 0. The van der Waals surface area contributed by atoms with Gasteiger partial charge in [-0.1, -0.05) is 6.92 Å². The van der Waals surface area contributed by atoms with Crippen LogP contribution in [0.1, 0.15) is 29.8 Å². The predicted molar refractivity (Wildman–Crippen MR) is 83.8 cm³/mol. The van der Waals surface area contributed by atoms with E-state index in [2.05, 4.69) is 32.0 Å². The largest absolute Gasteiger partial charge is 0.243 e. The Bertz CT molecular complexity index is 821. The van der Waals surface area contributed by atoms with Crippen LogP contribution in [0.5, 0.6) is 0 Å². The van der Waals surface area contributed by atoms with Crippen LogP contribution in [-0.2, 0) is 6.42 Å². The van der Waals surface area contributed by atoms with Crippen molar-refractivity contribution in [2.45, 2.75) is 34.1 Å². The van der Waals surface area contributed by atoms with Gasteiger partial charge in [-0.3, -0.25) is 0 Å². The van der Waals surface area contributed by atoms with Crippen molar-refractivity contribution in [3.8, 4) is 16.8 Å². The van der Waals surface area contributed by atoms with E-state index in [4.69, 9.17) is 0 Å². The molecular formula is C16H18N6. The molecule has 3 heterocycles. The fourth-order valence-corrected chi connectivity index (χ4v) is 2.48. The molecule has 3 aromatic rings. The molecule has 0 atom stereocenters. The van der Waals surface area contributed by atoms with Crippen LogP contribution in [0.4, 0.5) is 0 Å². The summed E-state index contributed by atoms with van der Waals surface area (Å²) in [4.78, 5) is 17.1. The average molecular weight is 294 g/mol. The lowest BCUT2D eigenvalue weighted by atomic mass is 10.1. The van der Waals surface area contributed by atoms with Crippen molar-refractivity contribution in [1.29, 1.82) is 0 Å². The maximum Gasteiger partial charge on any atom is 0.125 e. The third kappa shape index (κ3) is 2.47. The minimum Gasteiger partial charge on any atom is -0.243 e. The number of aromatic nitrogens is 6. The van der Waals surface area contributed by atoms with E-state index in [1.807, 2.05) is 37.8 Å². The van der Waals surface area contributed by atoms with Gasteiger partial charge in [0, 0.05) is 29.2 Å². The molecule has 0 unspecified atom stereocenters. The SMILES string of the molecule is CCc1nn(-c2cncnc2C)cc1-c1cnc(C)nc1C. The van der Waals surface area contributed by atoms with Crippen molar-refractivity contribution in [2.75, 3.05) is 0 Å². The summed E-state index contributed by atoms with van der Waals surface area (Å²) in [5, 5.41) is 4.68. The lowest BCUT2D eigenvalue weighted by molar-refractivity contribution is 0.820. The summed E-state index contributed by atoms with van der Waals surface area (Å²) in [5.74, 6) is 0.777. The van der Waals surface area contributed by atoms with Crippen LogP contribution in [0, 0.1) is 20.8 Å². The highest BCUT2D eigenvalue weighted by Crippen LogP contribution is 2.26. The number of rotatable bonds is 3. The molecule has 0 aliphatic rings. The molecule has 0 N–H and O–H groups in total. The van der Waals surface area contributed by atoms with E-state index in [0.29, 0.717) is 0 Å². The minimum absolute atomic E-state index is 0.777. The van der Waals surface area contributed by atoms with Gasteiger partial charge in [0.25, 0.3) is 0 Å². The Hall–Kier alpha value is -2.63. The number of hydrogen-bond acceptors (Lipinski definition) is 5. The second-order valence-electron chi connectivity index (χ2n) is 5.20. The van der Waals surface area contributed by atoms with Crippen molar-refractivity contribution in [3.05, 3.63) is 47.8 Å². The third-order valence-electron chi connectivity index (χ3n) is 3.65. The van der Waals surface area contributed by atoms with E-state index < -0.39 is 0 Å². The second-order valence-corrected chi connectivity index (χ2v) is 5.20. The summed E-state index contributed by atoms with van der Waals surface area (Å²) >= 11 is 0. The van der Waals surface area contributed by atoms with Crippen LogP contribution in [0.3, 0.4) is 0 Å². The van der Waals surface area contributed by atoms with Gasteiger partial charge in [-0.15, -0.1) is 0 Å². The quantitative estimate of drug-likeness (QED) is 0.742. The van der Waals surface area contributed by atoms with E-state index in [0.717, 1.165) is 46.1 Å². The molecule has 6 nitrogen and oxygen atoms in total. The van der Waals surface area contributed by atoms with Crippen molar-refractivity contribution in [3.63, 3.8) is 0 Å². The lowest BCUT2D eigenvalue weighted by Crippen LogP contribution is -2.00. The fraction of sp³-hybridized carbons (Fsp3) is 0.312. The average Bonchev–Trinajstić information content (AvgIpc) is 2.91. The van der Waals surface area contributed by atoms with E-state index in [1.54, 1.807) is 12.5 Å². The second kappa shape index (κ2) is 5.63. The van der Waals surface area contributed by atoms with Crippen LogP contribution in [0.15, 0.2) is 24.9 Å². The first kappa shape index (κ1) is 14.3. The van der Waals surface area contributed by atoms with Gasteiger partial charge in [0.05, 0.1) is 17.6 Å². The molecule has 0 aliphatic carbocycles. The zero-order chi connectivity index (χ0) is 15.7. The van der Waals surface area contributed by atoms with Gasteiger partial charge < -0.3 is 0 Å². The van der Waals surface area contributed by atoms with E-state index in [1.165, 1.54) is 0 Å². The summed E-state index contributed by atoms with van der Waals surface area (Å²) in [6.07, 6.45) is 8.03. The standard InChI is InChI=1S/C16H18N6/c1-5-15-14(13-6-18-12(4)20-10(13)2)8-22(21-15)16-7-17-9-19-11(16)3/h6-9H,5H2,1-4H3. The third-order valence-corrected chi connectivity index (χ3v) is 3.65. The highest BCUT2D eigenvalue weighted by atomic mass is 15.3. The molecule has 0 fully saturated rings. The molecular weight excluding hydrogens is 276 g/mol. The molecule has 0 saturated heterocycles. The Balaban J connectivity index is 2.15. The van der Waals surface area contributed by atoms with Crippen LogP contribution >= 0.6 is 0 Å². The van der Waals surface area contributed by atoms with Crippen LogP contribution < -0.4 is 0 Å². The first-order chi connectivity index (χ1) is 10.6. The van der Waals surface area contributed by atoms with Gasteiger partial charge in [-0.05, 0) is 27.2 Å². The van der Waals surface area contributed by atoms with Crippen molar-refractivity contribution < 1.29 is 0 Å². The Morgan fingerprint density at radius 2 is 1.82 bits per heavy atom. The molecule has 6 heteroatoms. The first-order valence-electron chi connectivity index (χ1n) is 7.26. The number of hydrogen-bond donors (Lipinski definition) is 0. The highest BCUT2D eigenvalue weighted by Gasteiger charge is 2.15. The summed E-state index contributed by atoms with van der Waals surface area (Å²) < 4.78 is 1.84. The molecule has 0 bridgehead atoms. The predicted octanol–water partition coefficient (Wildman–Crippen LogP) is 2.61. The lowest BCUT2D eigenvalue weighted by Gasteiger charge is -2.04. The molecule has 0 radical (unpaired) electrons. The van der Waals surface area contributed by atoms with Gasteiger partial charge in [0.2, 0.25) is 0 Å². The normalized spacial score (nSPS) is 10.9. The van der Waals surface area contributed by atoms with E-state index in [9.17, 15) is 0 Å². The monoisotopic (exact) mass is 294 g/mol. The van der Waals surface area contributed by atoms with Gasteiger partial charge >= 0.3 is 0 Å². The summed E-state index contributed by atoms with van der Waals surface area (Å²) in [5.41, 5.74) is 5.82. The minimum atomic E-state index is 0.777. The topological polar surface area (TPSA) is 69.4 Å². The Morgan fingerprint density at radius 3 is 2.50 bits per heavy atom. The van der Waals surface area contributed by atoms with Crippen LogP contribution in [0.25, 0.3) is 16.8 Å². The van der Waals surface area contributed by atoms with Crippen molar-refractivity contribution in [1.82, 2.24) is 29.7 Å². The molecule has 22 heavy (non-hydrogen) atoms. The molecule has 3 aromatic heterocycles. The molecule has 3 rings (SSSR count). The maximum atomic E-state index is 4.68. The van der Waals surface area contributed by atoms with Gasteiger partial charge in [-0.25, -0.2) is 24.6 Å².